The van der Waals surface area contributed by atoms with Crippen LogP contribution in [0, 0.1) is 0 Å². The van der Waals surface area contributed by atoms with Crippen LogP contribution in [0.5, 0.6) is 0 Å². The van der Waals surface area contributed by atoms with Gasteiger partial charge in [-0.3, -0.25) is 0 Å². The van der Waals surface area contributed by atoms with Crippen molar-refractivity contribution < 1.29 is 4.48 Å². The normalized spacial score (nSPS) is 12.4. The molecule has 0 aliphatic heterocycles. The summed E-state index contributed by atoms with van der Waals surface area (Å²) < 4.78 is 1.23. The second kappa shape index (κ2) is 32.0. The molecule has 0 saturated heterocycles. The zero-order valence-corrected chi connectivity index (χ0v) is 28.0. The first-order valence-electron chi connectivity index (χ1n) is 18.2. The molecule has 0 aliphatic rings. The summed E-state index contributed by atoms with van der Waals surface area (Å²) in [5.41, 5.74) is 0. The zero-order chi connectivity index (χ0) is 28.5. The van der Waals surface area contributed by atoms with Gasteiger partial charge < -0.3 is 4.48 Å². The van der Waals surface area contributed by atoms with E-state index >= 15 is 0 Å². The summed E-state index contributed by atoms with van der Waals surface area (Å²) in [5.74, 6) is 0. The number of hydrogen-bond acceptors (Lipinski definition) is 0. The molecule has 0 radical (unpaired) electrons. The van der Waals surface area contributed by atoms with Gasteiger partial charge in [0.05, 0.1) is 27.2 Å². The molecule has 0 aliphatic carbocycles. The summed E-state index contributed by atoms with van der Waals surface area (Å²) in [6, 6.07) is 0. The van der Waals surface area contributed by atoms with E-state index in [1.165, 1.54) is 197 Å². The molecule has 0 amide bonds. The zero-order valence-electron chi connectivity index (χ0n) is 28.0. The maximum atomic E-state index is 2.45. The Balaban J connectivity index is 3.36. The van der Waals surface area contributed by atoms with E-state index in [1.54, 1.807) is 0 Å². The van der Waals surface area contributed by atoms with E-state index in [4.69, 9.17) is 0 Å². The number of nitrogens with zero attached hydrogens (tertiary/aromatic N) is 1. The smallest absolute Gasteiger partial charge is 0.0782 e. The first-order chi connectivity index (χ1) is 19.1. The fourth-order valence-electron chi connectivity index (χ4n) is 5.69. The Labute approximate surface area is 249 Å². The number of quaternary nitrogens is 1. The van der Waals surface area contributed by atoms with Crippen LogP contribution in [-0.4, -0.2) is 31.7 Å². The summed E-state index contributed by atoms with van der Waals surface area (Å²) in [6.07, 6.45) is 49.0. The van der Waals surface area contributed by atoms with Crippen LogP contribution in [-0.2, 0) is 0 Å². The maximum absolute atomic E-state index is 2.45. The van der Waals surface area contributed by atoms with E-state index in [2.05, 4.69) is 52.2 Å². The van der Waals surface area contributed by atoms with Crippen LogP contribution < -0.4 is 0 Å². The topological polar surface area (TPSA) is 0 Å². The van der Waals surface area contributed by atoms with Gasteiger partial charge in [-0.25, -0.2) is 0 Å². The van der Waals surface area contributed by atoms with Gasteiger partial charge in [0.15, 0.2) is 0 Å². The van der Waals surface area contributed by atoms with Crippen LogP contribution in [0.15, 0.2) is 24.3 Å². The highest BCUT2D eigenvalue weighted by Gasteiger charge is 2.13. The van der Waals surface area contributed by atoms with Crippen molar-refractivity contribution in [2.45, 2.75) is 194 Å². The highest BCUT2D eigenvalue weighted by molar-refractivity contribution is 4.82. The second-order valence-electron chi connectivity index (χ2n) is 13.3. The minimum absolute atomic E-state index is 1.23. The van der Waals surface area contributed by atoms with E-state index in [-0.39, 0.29) is 0 Å². The molecule has 232 valence electrons. The van der Waals surface area contributed by atoms with Crippen molar-refractivity contribution in [2.24, 2.45) is 0 Å². The first-order valence-corrected chi connectivity index (χ1v) is 18.2. The van der Waals surface area contributed by atoms with Crippen LogP contribution >= 0.6 is 0 Å². The van der Waals surface area contributed by atoms with E-state index < -0.39 is 0 Å². The lowest BCUT2D eigenvalue weighted by Gasteiger charge is -2.30. The number of hydrogen-bond donors (Lipinski definition) is 0. The molecular weight excluding hydrogens is 470 g/mol. The average molecular weight is 547 g/mol. The average Bonchev–Trinajstić information content (AvgIpc) is 2.92. The van der Waals surface area contributed by atoms with Crippen LogP contribution in [0.2, 0.25) is 0 Å². The molecule has 0 bridgehead atoms. The maximum Gasteiger partial charge on any atom is 0.0782 e. The summed E-state index contributed by atoms with van der Waals surface area (Å²) in [5, 5.41) is 0. The van der Waals surface area contributed by atoms with E-state index in [0.29, 0.717) is 0 Å². The van der Waals surface area contributed by atoms with Gasteiger partial charge in [0.25, 0.3) is 0 Å². The van der Waals surface area contributed by atoms with Crippen molar-refractivity contribution in [1.29, 1.82) is 0 Å². The Morgan fingerprint density at radius 2 is 0.538 bits per heavy atom. The standard InChI is InChI=1S/C38H76N/c1-5-7-9-11-13-15-17-19-21-23-25-27-29-31-33-35-37-39(3,4)38-36-34-32-30-28-26-24-22-20-18-16-14-12-10-8-6-2/h19-22H,5-18,23-38H2,1-4H3/q+1/b21-19+,22-20+. The summed E-state index contributed by atoms with van der Waals surface area (Å²) in [4.78, 5) is 0. The highest BCUT2D eigenvalue weighted by Crippen LogP contribution is 2.14. The largest absolute Gasteiger partial charge is 0.328 e. The molecular formula is C38H76N+. The van der Waals surface area contributed by atoms with Crippen LogP contribution in [0.1, 0.15) is 194 Å². The minimum atomic E-state index is 1.23. The predicted molar refractivity (Wildman–Crippen MR) is 181 cm³/mol. The van der Waals surface area contributed by atoms with E-state index in [9.17, 15) is 0 Å². The quantitative estimate of drug-likeness (QED) is 0.0447. The molecule has 0 rings (SSSR count). The van der Waals surface area contributed by atoms with Crippen molar-refractivity contribution in [3.8, 4) is 0 Å². The molecule has 1 nitrogen and oxygen atoms in total. The third-order valence-corrected chi connectivity index (χ3v) is 8.55. The lowest BCUT2D eigenvalue weighted by atomic mass is 10.1. The Bertz CT molecular complexity index is 459. The molecule has 0 saturated carbocycles. The molecule has 0 aromatic rings. The van der Waals surface area contributed by atoms with Crippen LogP contribution in [0.3, 0.4) is 0 Å². The molecule has 1 heteroatoms. The van der Waals surface area contributed by atoms with Gasteiger partial charge in [0.1, 0.15) is 0 Å². The van der Waals surface area contributed by atoms with Gasteiger partial charge in [-0.1, -0.05) is 141 Å². The number of unbranched alkanes of at least 4 members (excludes halogenated alkanes) is 24. The number of allylic oxidation sites excluding steroid dienone is 4. The SMILES string of the molecule is CCCCCCCC/C=C/CCCCCCCC[N+](C)(C)CCCCCCCC/C=C/CCCCCCCC. The molecule has 0 fully saturated rings. The summed E-state index contributed by atoms with van der Waals surface area (Å²) in [7, 11) is 4.91. The van der Waals surface area contributed by atoms with Gasteiger partial charge >= 0.3 is 0 Å². The Morgan fingerprint density at radius 3 is 0.821 bits per heavy atom. The van der Waals surface area contributed by atoms with E-state index in [0.717, 1.165) is 0 Å². The van der Waals surface area contributed by atoms with Gasteiger partial charge in [-0.05, 0) is 77.0 Å². The molecule has 0 atom stereocenters. The van der Waals surface area contributed by atoms with Crippen molar-refractivity contribution in [3.05, 3.63) is 24.3 Å². The Kier molecular flexibility index (Phi) is 31.5. The lowest BCUT2D eigenvalue weighted by molar-refractivity contribution is -0.890. The molecule has 0 N–H and O–H groups in total. The monoisotopic (exact) mass is 547 g/mol. The molecule has 0 heterocycles. The molecule has 0 aromatic heterocycles. The molecule has 0 aromatic carbocycles. The summed E-state index contributed by atoms with van der Waals surface area (Å²) in [6.45, 7) is 7.33. The van der Waals surface area contributed by atoms with E-state index in [1.807, 2.05) is 0 Å². The van der Waals surface area contributed by atoms with Gasteiger partial charge in [-0.15, -0.1) is 0 Å². The van der Waals surface area contributed by atoms with Crippen LogP contribution in [0.25, 0.3) is 0 Å². The third kappa shape index (κ3) is 33.5. The lowest BCUT2D eigenvalue weighted by Crippen LogP contribution is -2.41. The fourth-order valence-corrected chi connectivity index (χ4v) is 5.69. The predicted octanol–water partition coefficient (Wildman–Crippen LogP) is 13.1. The molecule has 0 spiro atoms. The minimum Gasteiger partial charge on any atom is -0.328 e. The first kappa shape index (κ1) is 38.4. The van der Waals surface area contributed by atoms with Crippen molar-refractivity contribution in [2.75, 3.05) is 27.2 Å². The van der Waals surface area contributed by atoms with Crippen molar-refractivity contribution >= 4 is 0 Å². The third-order valence-electron chi connectivity index (χ3n) is 8.55. The highest BCUT2D eigenvalue weighted by atomic mass is 15.3. The fraction of sp³-hybridized carbons (Fsp3) is 0.895. The van der Waals surface area contributed by atoms with Gasteiger partial charge in [-0.2, -0.15) is 0 Å². The van der Waals surface area contributed by atoms with Gasteiger partial charge in [0.2, 0.25) is 0 Å². The van der Waals surface area contributed by atoms with Crippen molar-refractivity contribution in [1.82, 2.24) is 0 Å². The van der Waals surface area contributed by atoms with Crippen LogP contribution in [0.4, 0.5) is 0 Å². The number of rotatable bonds is 32. The molecule has 0 unspecified atom stereocenters. The Hall–Kier alpha value is -0.560. The van der Waals surface area contributed by atoms with Gasteiger partial charge in [0, 0.05) is 0 Å². The summed E-state index contributed by atoms with van der Waals surface area (Å²) >= 11 is 0. The second-order valence-corrected chi connectivity index (χ2v) is 13.3. The van der Waals surface area contributed by atoms with Crippen molar-refractivity contribution in [3.63, 3.8) is 0 Å². The molecule has 39 heavy (non-hydrogen) atoms. The Morgan fingerprint density at radius 1 is 0.308 bits per heavy atom.